The highest BCUT2D eigenvalue weighted by Crippen LogP contribution is 2.12. The van der Waals surface area contributed by atoms with Gasteiger partial charge in [0.15, 0.2) is 0 Å². The van der Waals surface area contributed by atoms with Crippen LogP contribution in [-0.2, 0) is 17.8 Å². The Hall–Kier alpha value is -3.21. The van der Waals surface area contributed by atoms with Crippen molar-refractivity contribution in [3.8, 4) is 0 Å². The molecule has 1 aromatic carbocycles. The number of hydrogen-bond acceptors (Lipinski definition) is 4. The highest BCUT2D eigenvalue weighted by atomic mass is 16.1. The summed E-state index contributed by atoms with van der Waals surface area (Å²) in [5.41, 5.74) is 3.97. The van der Waals surface area contributed by atoms with E-state index >= 15 is 0 Å². The van der Waals surface area contributed by atoms with Crippen molar-refractivity contribution in [3.63, 3.8) is 0 Å². The second-order valence-electron chi connectivity index (χ2n) is 5.86. The smallest absolute Gasteiger partial charge is 0.228 e. The van der Waals surface area contributed by atoms with Crippen LogP contribution in [0.15, 0.2) is 67.1 Å². The Morgan fingerprint density at radius 3 is 2.60 bits per heavy atom. The van der Waals surface area contributed by atoms with Crippen LogP contribution in [0.3, 0.4) is 0 Å². The van der Waals surface area contributed by atoms with Gasteiger partial charge in [-0.3, -0.25) is 9.78 Å². The van der Waals surface area contributed by atoms with Crippen LogP contribution in [-0.4, -0.2) is 15.9 Å². The molecule has 0 fully saturated rings. The maximum atomic E-state index is 12.1. The third-order valence-electron chi connectivity index (χ3n) is 3.72. The number of nitrogens with zero attached hydrogens (tertiary/aromatic N) is 2. The molecule has 25 heavy (non-hydrogen) atoms. The standard InChI is InChI=1S/C20H20N4O/c1-15-3-2-4-17(11-15)12-20(25)24-18-5-6-19(23-14-18)22-13-16-7-9-21-10-8-16/h2-11,14H,12-13H2,1H3,(H,22,23)(H,24,25). The van der Waals surface area contributed by atoms with E-state index in [0.29, 0.717) is 18.7 Å². The summed E-state index contributed by atoms with van der Waals surface area (Å²) in [4.78, 5) is 20.4. The van der Waals surface area contributed by atoms with Crippen molar-refractivity contribution in [3.05, 3.63) is 83.8 Å². The molecule has 1 amide bonds. The molecule has 0 unspecified atom stereocenters. The molecule has 126 valence electrons. The van der Waals surface area contributed by atoms with Crippen LogP contribution in [0.25, 0.3) is 0 Å². The number of carbonyl (C=O) groups excluding carboxylic acids is 1. The molecule has 5 heteroatoms. The predicted molar refractivity (Wildman–Crippen MR) is 99.3 cm³/mol. The molecule has 0 saturated carbocycles. The minimum Gasteiger partial charge on any atom is -0.366 e. The molecule has 0 spiro atoms. The number of aryl methyl sites for hydroxylation is 1. The summed E-state index contributed by atoms with van der Waals surface area (Å²) in [5.74, 6) is 0.707. The summed E-state index contributed by atoms with van der Waals surface area (Å²) < 4.78 is 0. The molecule has 2 heterocycles. The molecule has 3 aromatic rings. The van der Waals surface area contributed by atoms with Gasteiger partial charge in [0, 0.05) is 18.9 Å². The van der Waals surface area contributed by atoms with E-state index in [-0.39, 0.29) is 5.91 Å². The number of hydrogen-bond donors (Lipinski definition) is 2. The van der Waals surface area contributed by atoms with Gasteiger partial charge in [-0.1, -0.05) is 29.8 Å². The van der Waals surface area contributed by atoms with E-state index in [1.165, 1.54) is 0 Å². The molecular formula is C20H20N4O. The Morgan fingerprint density at radius 1 is 1.04 bits per heavy atom. The van der Waals surface area contributed by atoms with Gasteiger partial charge in [0.05, 0.1) is 18.3 Å². The Bertz CT molecular complexity index is 832. The topological polar surface area (TPSA) is 66.9 Å². The Morgan fingerprint density at radius 2 is 1.88 bits per heavy atom. The molecule has 0 aliphatic carbocycles. The molecule has 2 N–H and O–H groups in total. The summed E-state index contributed by atoms with van der Waals surface area (Å²) in [6.07, 6.45) is 5.53. The fourth-order valence-corrected chi connectivity index (χ4v) is 2.48. The van der Waals surface area contributed by atoms with Gasteiger partial charge in [-0.15, -0.1) is 0 Å². The number of rotatable bonds is 6. The minimum atomic E-state index is -0.0510. The fourth-order valence-electron chi connectivity index (χ4n) is 2.48. The Balaban J connectivity index is 1.52. The first-order valence-electron chi connectivity index (χ1n) is 8.13. The van der Waals surface area contributed by atoms with Crippen molar-refractivity contribution in [2.24, 2.45) is 0 Å². The average Bonchev–Trinajstić information content (AvgIpc) is 2.62. The summed E-state index contributed by atoms with van der Waals surface area (Å²) in [6.45, 7) is 2.69. The van der Waals surface area contributed by atoms with E-state index in [0.717, 1.165) is 22.5 Å². The van der Waals surface area contributed by atoms with Gasteiger partial charge < -0.3 is 10.6 Å². The van der Waals surface area contributed by atoms with Crippen LogP contribution in [0.5, 0.6) is 0 Å². The maximum absolute atomic E-state index is 12.1. The van der Waals surface area contributed by atoms with E-state index in [1.807, 2.05) is 55.5 Å². The van der Waals surface area contributed by atoms with Crippen molar-refractivity contribution in [2.45, 2.75) is 19.9 Å². The van der Waals surface area contributed by atoms with E-state index in [2.05, 4.69) is 20.6 Å². The fraction of sp³-hybridized carbons (Fsp3) is 0.150. The second-order valence-corrected chi connectivity index (χ2v) is 5.86. The van der Waals surface area contributed by atoms with Crippen LogP contribution in [0.4, 0.5) is 11.5 Å². The van der Waals surface area contributed by atoms with Crippen molar-refractivity contribution in [1.82, 2.24) is 9.97 Å². The van der Waals surface area contributed by atoms with E-state index in [9.17, 15) is 4.79 Å². The van der Waals surface area contributed by atoms with Crippen molar-refractivity contribution in [2.75, 3.05) is 10.6 Å². The summed E-state index contributed by atoms with van der Waals surface area (Å²) in [5, 5.41) is 6.11. The van der Waals surface area contributed by atoms with Gasteiger partial charge in [-0.05, 0) is 42.3 Å². The largest absolute Gasteiger partial charge is 0.366 e. The van der Waals surface area contributed by atoms with Crippen molar-refractivity contribution < 1.29 is 4.79 Å². The summed E-state index contributed by atoms with van der Waals surface area (Å²) >= 11 is 0. The molecule has 0 bridgehead atoms. The Labute approximate surface area is 147 Å². The quantitative estimate of drug-likeness (QED) is 0.724. The first-order valence-corrected chi connectivity index (χ1v) is 8.13. The number of carbonyl (C=O) groups is 1. The summed E-state index contributed by atoms with van der Waals surface area (Å²) in [7, 11) is 0. The van der Waals surface area contributed by atoms with Crippen molar-refractivity contribution >= 4 is 17.4 Å². The van der Waals surface area contributed by atoms with Crippen LogP contribution in [0.1, 0.15) is 16.7 Å². The summed E-state index contributed by atoms with van der Waals surface area (Å²) in [6, 6.07) is 15.5. The third kappa shape index (κ3) is 5.14. The maximum Gasteiger partial charge on any atom is 0.228 e. The normalized spacial score (nSPS) is 10.3. The highest BCUT2D eigenvalue weighted by Gasteiger charge is 2.05. The van der Waals surface area contributed by atoms with Gasteiger partial charge >= 0.3 is 0 Å². The monoisotopic (exact) mass is 332 g/mol. The van der Waals surface area contributed by atoms with E-state index < -0.39 is 0 Å². The van der Waals surface area contributed by atoms with Crippen LogP contribution >= 0.6 is 0 Å². The van der Waals surface area contributed by atoms with Gasteiger partial charge in [-0.2, -0.15) is 0 Å². The lowest BCUT2D eigenvalue weighted by molar-refractivity contribution is -0.115. The Kier molecular flexibility index (Phi) is 5.36. The van der Waals surface area contributed by atoms with Gasteiger partial charge in [0.1, 0.15) is 5.82 Å². The lowest BCUT2D eigenvalue weighted by atomic mass is 10.1. The molecule has 0 saturated heterocycles. The van der Waals surface area contributed by atoms with Crippen LogP contribution < -0.4 is 10.6 Å². The lowest BCUT2D eigenvalue weighted by Gasteiger charge is -2.08. The number of aromatic nitrogens is 2. The van der Waals surface area contributed by atoms with E-state index in [1.54, 1.807) is 18.6 Å². The van der Waals surface area contributed by atoms with Gasteiger partial charge in [0.25, 0.3) is 0 Å². The molecule has 0 atom stereocenters. The number of nitrogens with one attached hydrogen (secondary N) is 2. The minimum absolute atomic E-state index is 0.0510. The molecule has 0 aliphatic heterocycles. The van der Waals surface area contributed by atoms with Crippen LogP contribution in [0.2, 0.25) is 0 Å². The zero-order valence-electron chi connectivity index (χ0n) is 14.1. The third-order valence-corrected chi connectivity index (χ3v) is 3.72. The SMILES string of the molecule is Cc1cccc(CC(=O)Nc2ccc(NCc3ccncc3)nc2)c1. The molecule has 5 nitrogen and oxygen atoms in total. The molecule has 2 aromatic heterocycles. The molecule has 0 aliphatic rings. The van der Waals surface area contributed by atoms with Crippen molar-refractivity contribution in [1.29, 1.82) is 0 Å². The predicted octanol–water partition coefficient (Wildman–Crippen LogP) is 3.58. The lowest BCUT2D eigenvalue weighted by Crippen LogP contribution is -2.14. The van der Waals surface area contributed by atoms with Gasteiger partial charge in [0.2, 0.25) is 5.91 Å². The van der Waals surface area contributed by atoms with Gasteiger partial charge in [-0.25, -0.2) is 4.98 Å². The first kappa shape index (κ1) is 16.6. The number of benzene rings is 1. The second kappa shape index (κ2) is 8.06. The molecule has 3 rings (SSSR count). The van der Waals surface area contributed by atoms with Crippen LogP contribution in [0, 0.1) is 6.92 Å². The molecular weight excluding hydrogens is 312 g/mol. The average molecular weight is 332 g/mol. The number of amides is 1. The number of anilines is 2. The first-order chi connectivity index (χ1) is 12.2. The zero-order valence-corrected chi connectivity index (χ0v) is 14.1. The zero-order chi connectivity index (χ0) is 17.5. The number of pyridine rings is 2. The molecule has 0 radical (unpaired) electrons. The van der Waals surface area contributed by atoms with E-state index in [4.69, 9.17) is 0 Å². The highest BCUT2D eigenvalue weighted by molar-refractivity contribution is 5.92.